The molecule has 88 valence electrons. The van der Waals surface area contributed by atoms with E-state index in [1.54, 1.807) is 18.2 Å². The fourth-order valence-electron chi connectivity index (χ4n) is 1.56. The molecule has 0 bridgehead atoms. The van der Waals surface area contributed by atoms with Gasteiger partial charge >= 0.3 is 0 Å². The highest BCUT2D eigenvalue weighted by atomic mass is 35.5. The molecule has 2 N–H and O–H groups in total. The highest BCUT2D eigenvalue weighted by Gasteiger charge is 2.03. The van der Waals surface area contributed by atoms with E-state index < -0.39 is 0 Å². The van der Waals surface area contributed by atoms with Crippen LogP contribution in [0.25, 0.3) is 0 Å². The molecule has 0 radical (unpaired) electrons. The number of ether oxygens (including phenoxy) is 1. The topological polar surface area (TPSA) is 35.2 Å². The Labute approximate surface area is 106 Å². The third-order valence-corrected chi connectivity index (χ3v) is 2.86. The number of aryl methyl sites for hydroxylation is 1. The molecule has 2 nitrogen and oxygen atoms in total. The van der Waals surface area contributed by atoms with Gasteiger partial charge in [-0.1, -0.05) is 35.9 Å². The molecule has 0 fully saturated rings. The van der Waals surface area contributed by atoms with E-state index in [4.69, 9.17) is 22.1 Å². The average molecular weight is 248 g/mol. The van der Waals surface area contributed by atoms with Crippen molar-refractivity contribution in [2.75, 3.05) is 5.73 Å². The second kappa shape index (κ2) is 5.11. The molecule has 0 aromatic heterocycles. The van der Waals surface area contributed by atoms with Crippen LogP contribution in [0.1, 0.15) is 11.1 Å². The maximum absolute atomic E-state index is 5.89. The number of nitrogen functional groups attached to an aromatic ring is 1. The van der Waals surface area contributed by atoms with E-state index in [0.29, 0.717) is 23.1 Å². The van der Waals surface area contributed by atoms with Gasteiger partial charge in [0.2, 0.25) is 0 Å². The van der Waals surface area contributed by atoms with Crippen LogP contribution >= 0.6 is 11.6 Å². The summed E-state index contributed by atoms with van der Waals surface area (Å²) in [6.07, 6.45) is 0. The van der Waals surface area contributed by atoms with Crippen LogP contribution in [0.15, 0.2) is 42.5 Å². The normalized spacial score (nSPS) is 10.2. The van der Waals surface area contributed by atoms with E-state index in [9.17, 15) is 0 Å². The predicted molar refractivity (Wildman–Crippen MR) is 71.4 cm³/mol. The molecule has 3 heteroatoms. The van der Waals surface area contributed by atoms with Gasteiger partial charge in [0, 0.05) is 11.1 Å². The molecule has 0 saturated carbocycles. The fourth-order valence-corrected chi connectivity index (χ4v) is 1.72. The molecule has 17 heavy (non-hydrogen) atoms. The lowest BCUT2D eigenvalue weighted by atomic mass is 10.1. The summed E-state index contributed by atoms with van der Waals surface area (Å²) in [7, 11) is 0. The first-order valence-electron chi connectivity index (χ1n) is 5.39. The SMILES string of the molecule is Cc1ccccc1COc1cc(Cl)ccc1N. The van der Waals surface area contributed by atoms with Crippen LogP contribution in [0, 0.1) is 6.92 Å². The number of rotatable bonds is 3. The molecule has 0 unspecified atom stereocenters. The van der Waals surface area contributed by atoms with Crippen molar-refractivity contribution in [3.05, 3.63) is 58.6 Å². The summed E-state index contributed by atoms with van der Waals surface area (Å²) in [6, 6.07) is 13.3. The highest BCUT2D eigenvalue weighted by molar-refractivity contribution is 6.30. The molecule has 0 aliphatic rings. The van der Waals surface area contributed by atoms with Gasteiger partial charge in [-0.2, -0.15) is 0 Å². The number of nitrogens with two attached hydrogens (primary N) is 1. The van der Waals surface area contributed by atoms with Gasteiger partial charge in [-0.25, -0.2) is 0 Å². The largest absolute Gasteiger partial charge is 0.487 e. The monoisotopic (exact) mass is 247 g/mol. The Morgan fingerprint density at radius 2 is 1.94 bits per heavy atom. The molecule has 0 aliphatic heterocycles. The van der Waals surface area contributed by atoms with Crippen molar-refractivity contribution in [2.24, 2.45) is 0 Å². The van der Waals surface area contributed by atoms with Gasteiger partial charge in [-0.3, -0.25) is 0 Å². The minimum absolute atomic E-state index is 0.497. The first-order chi connectivity index (χ1) is 8.16. The van der Waals surface area contributed by atoms with Crippen molar-refractivity contribution < 1.29 is 4.74 Å². The summed E-state index contributed by atoms with van der Waals surface area (Å²) >= 11 is 5.89. The highest BCUT2D eigenvalue weighted by Crippen LogP contribution is 2.26. The van der Waals surface area contributed by atoms with Crippen molar-refractivity contribution >= 4 is 17.3 Å². The van der Waals surface area contributed by atoms with Gasteiger partial charge < -0.3 is 10.5 Å². The zero-order chi connectivity index (χ0) is 12.3. The zero-order valence-electron chi connectivity index (χ0n) is 9.61. The number of halogens is 1. The number of hydrogen-bond donors (Lipinski definition) is 1. The van der Waals surface area contributed by atoms with Crippen LogP contribution < -0.4 is 10.5 Å². The fraction of sp³-hybridized carbons (Fsp3) is 0.143. The van der Waals surface area contributed by atoms with Gasteiger partial charge in [0.15, 0.2) is 0 Å². The third-order valence-electron chi connectivity index (χ3n) is 2.62. The maximum atomic E-state index is 5.89. The van der Waals surface area contributed by atoms with E-state index >= 15 is 0 Å². The molecular formula is C14H14ClNO. The van der Waals surface area contributed by atoms with Gasteiger partial charge in [0.05, 0.1) is 5.69 Å². The van der Waals surface area contributed by atoms with Gasteiger partial charge in [0.1, 0.15) is 12.4 Å². The van der Waals surface area contributed by atoms with Crippen LogP contribution in [-0.4, -0.2) is 0 Å². The minimum Gasteiger partial charge on any atom is -0.487 e. The Hall–Kier alpha value is -1.67. The summed E-state index contributed by atoms with van der Waals surface area (Å²) in [5.41, 5.74) is 8.76. The van der Waals surface area contributed by atoms with Crippen LogP contribution in [-0.2, 0) is 6.61 Å². The van der Waals surface area contributed by atoms with Crippen molar-refractivity contribution in [3.63, 3.8) is 0 Å². The number of hydrogen-bond acceptors (Lipinski definition) is 2. The predicted octanol–water partition coefficient (Wildman–Crippen LogP) is 3.81. The molecular weight excluding hydrogens is 234 g/mol. The summed E-state index contributed by atoms with van der Waals surface area (Å²) in [5.74, 6) is 0.626. The summed E-state index contributed by atoms with van der Waals surface area (Å²) in [5, 5.41) is 0.624. The first kappa shape index (κ1) is 11.8. The molecule has 0 saturated heterocycles. The number of benzene rings is 2. The molecule has 0 atom stereocenters. The Morgan fingerprint density at radius 3 is 2.71 bits per heavy atom. The van der Waals surface area contributed by atoms with Crippen LogP contribution in [0.2, 0.25) is 5.02 Å². The van der Waals surface area contributed by atoms with E-state index in [0.717, 1.165) is 5.56 Å². The maximum Gasteiger partial charge on any atom is 0.144 e. The molecule has 2 aromatic rings. The lowest BCUT2D eigenvalue weighted by Gasteiger charge is -2.10. The van der Waals surface area contributed by atoms with E-state index in [2.05, 4.69) is 13.0 Å². The van der Waals surface area contributed by atoms with Gasteiger partial charge in [0.25, 0.3) is 0 Å². The van der Waals surface area contributed by atoms with Crippen molar-refractivity contribution in [1.82, 2.24) is 0 Å². The van der Waals surface area contributed by atoms with E-state index in [1.165, 1.54) is 5.56 Å². The van der Waals surface area contributed by atoms with Gasteiger partial charge in [-0.15, -0.1) is 0 Å². The quantitative estimate of drug-likeness (QED) is 0.837. The van der Waals surface area contributed by atoms with Crippen LogP contribution in [0.4, 0.5) is 5.69 Å². The van der Waals surface area contributed by atoms with Gasteiger partial charge in [-0.05, 0) is 30.2 Å². The minimum atomic E-state index is 0.497. The second-order valence-electron chi connectivity index (χ2n) is 3.90. The van der Waals surface area contributed by atoms with Crippen LogP contribution in [0.5, 0.6) is 5.75 Å². The lowest BCUT2D eigenvalue weighted by Crippen LogP contribution is -2.00. The average Bonchev–Trinajstić information content (AvgIpc) is 2.32. The Morgan fingerprint density at radius 1 is 1.18 bits per heavy atom. The smallest absolute Gasteiger partial charge is 0.144 e. The third kappa shape index (κ3) is 2.92. The summed E-state index contributed by atoms with van der Waals surface area (Å²) in [4.78, 5) is 0. The van der Waals surface area contributed by atoms with Crippen molar-refractivity contribution in [1.29, 1.82) is 0 Å². The molecule has 0 heterocycles. The Balaban J connectivity index is 2.12. The van der Waals surface area contributed by atoms with E-state index in [-0.39, 0.29) is 0 Å². The Bertz CT molecular complexity index is 525. The standard InChI is InChI=1S/C14H14ClNO/c1-10-4-2-3-5-11(10)9-17-14-8-12(15)6-7-13(14)16/h2-8H,9,16H2,1H3. The van der Waals surface area contributed by atoms with Crippen LogP contribution in [0.3, 0.4) is 0 Å². The number of anilines is 1. The Kier molecular flexibility index (Phi) is 3.55. The first-order valence-corrected chi connectivity index (χ1v) is 5.77. The molecule has 2 aromatic carbocycles. The molecule has 0 amide bonds. The lowest BCUT2D eigenvalue weighted by molar-refractivity contribution is 0.307. The van der Waals surface area contributed by atoms with E-state index in [1.807, 2.05) is 18.2 Å². The molecule has 0 aliphatic carbocycles. The summed E-state index contributed by atoms with van der Waals surface area (Å²) < 4.78 is 5.68. The zero-order valence-corrected chi connectivity index (χ0v) is 10.4. The molecule has 2 rings (SSSR count). The van der Waals surface area contributed by atoms with Crippen molar-refractivity contribution in [3.8, 4) is 5.75 Å². The molecule has 0 spiro atoms. The summed E-state index contributed by atoms with van der Waals surface area (Å²) in [6.45, 7) is 2.55. The second-order valence-corrected chi connectivity index (χ2v) is 4.33. The van der Waals surface area contributed by atoms with Crippen molar-refractivity contribution in [2.45, 2.75) is 13.5 Å².